The van der Waals surface area contributed by atoms with Crippen molar-refractivity contribution in [3.8, 4) is 0 Å². The van der Waals surface area contributed by atoms with Gasteiger partial charge in [-0.05, 0) is 6.92 Å². The molecule has 96 valence electrons. The number of carbonyl (C=O) groups is 3. The molecule has 0 aliphatic rings. The molecule has 0 saturated carbocycles. The van der Waals surface area contributed by atoms with Gasteiger partial charge in [0.05, 0.1) is 0 Å². The minimum Gasteiger partial charge on any atom is -0.476 e. The fourth-order valence-corrected chi connectivity index (χ4v) is 0.499. The normalized spacial score (nSPS) is 12.6. The van der Waals surface area contributed by atoms with Crippen LogP contribution in [0.1, 0.15) is 6.92 Å². The fraction of sp³-hybridized carbons (Fsp3) is 0.500. The first-order valence-corrected chi connectivity index (χ1v) is 3.95. The van der Waals surface area contributed by atoms with Crippen LogP contribution in [0.3, 0.4) is 0 Å². The second-order valence-corrected chi connectivity index (χ2v) is 2.70. The summed E-state index contributed by atoms with van der Waals surface area (Å²) < 4.78 is 42.8. The van der Waals surface area contributed by atoms with Gasteiger partial charge < -0.3 is 19.4 Å². The maximum Gasteiger partial charge on any atom is 0.709 e. The van der Waals surface area contributed by atoms with Crippen molar-refractivity contribution in [1.82, 2.24) is 0 Å². The van der Waals surface area contributed by atoms with Crippen LogP contribution in [0.15, 0.2) is 0 Å². The molecule has 7 nitrogen and oxygen atoms in total. The van der Waals surface area contributed by atoms with Crippen molar-refractivity contribution in [2.24, 2.45) is 5.92 Å². The largest absolute Gasteiger partial charge is 0.709 e. The van der Waals surface area contributed by atoms with Gasteiger partial charge in [-0.15, -0.1) is 0 Å². The summed E-state index contributed by atoms with van der Waals surface area (Å²) in [5.41, 5.74) is 0. The predicted molar refractivity (Wildman–Crippen MR) is 42.6 cm³/mol. The maximum absolute atomic E-state index is 12.0. The Morgan fingerprint density at radius 3 is 2.00 bits per heavy atom. The number of carbonyl (C=O) groups excluding carboxylic acids is 3. The number of ether oxygens (including phenoxy) is 1. The van der Waals surface area contributed by atoms with Gasteiger partial charge in [-0.25, -0.2) is 9.59 Å². The Morgan fingerprint density at radius 1 is 1.18 bits per heavy atom. The van der Waals surface area contributed by atoms with E-state index >= 15 is 0 Å². The predicted octanol–water partition coefficient (Wildman–Crippen LogP) is -1.23. The summed E-state index contributed by atoms with van der Waals surface area (Å²) in [6, 6.07) is 0. The summed E-state index contributed by atoms with van der Waals surface area (Å²) in [5, 5.41) is 16.2. The first-order valence-electron chi connectivity index (χ1n) is 3.95. The highest BCUT2D eigenvalue weighted by atomic mass is 19.4. The summed E-state index contributed by atoms with van der Waals surface area (Å²) in [5.74, 6) is -8.72. The van der Waals surface area contributed by atoms with Crippen molar-refractivity contribution < 1.29 is 47.0 Å². The molecule has 0 bridgehead atoms. The Morgan fingerprint density at radius 2 is 1.65 bits per heavy atom. The highest BCUT2D eigenvalue weighted by molar-refractivity contribution is 6.43. The molecule has 0 amide bonds. The van der Waals surface area contributed by atoms with Crippen LogP contribution < -0.4 is 0 Å². The van der Waals surface area contributed by atoms with Gasteiger partial charge in [-0.1, -0.05) is 0 Å². The molecule has 11 heteroatoms. The van der Waals surface area contributed by atoms with Crippen LogP contribution in [-0.4, -0.2) is 41.5 Å². The molecular formula is C6H6BF3O7. The first-order chi connectivity index (χ1) is 7.55. The van der Waals surface area contributed by atoms with Crippen LogP contribution in [0.2, 0.25) is 0 Å². The number of hydrogen-bond donors (Lipinski definition) is 2. The highest BCUT2D eigenvalue weighted by Crippen LogP contribution is 2.26. The van der Waals surface area contributed by atoms with E-state index in [2.05, 4.69) is 9.39 Å². The first kappa shape index (κ1) is 15.4. The maximum atomic E-state index is 12.0. The van der Waals surface area contributed by atoms with Crippen LogP contribution in [0.4, 0.5) is 13.2 Å². The van der Waals surface area contributed by atoms with Crippen molar-refractivity contribution in [2.75, 3.05) is 0 Å². The zero-order valence-electron chi connectivity index (χ0n) is 8.22. The van der Waals surface area contributed by atoms with E-state index in [9.17, 15) is 27.6 Å². The Hall–Kier alpha value is -1.62. The molecule has 0 heterocycles. The molecule has 0 rings (SSSR count). The highest BCUT2D eigenvalue weighted by Gasteiger charge is 2.43. The van der Waals surface area contributed by atoms with Crippen LogP contribution >= 0.6 is 0 Å². The van der Waals surface area contributed by atoms with Gasteiger partial charge in [-0.2, -0.15) is 13.2 Å². The minimum atomic E-state index is -4.93. The molecule has 0 radical (unpaired) electrons. The van der Waals surface area contributed by atoms with E-state index < -0.39 is 37.3 Å². The molecule has 0 saturated heterocycles. The zero-order valence-corrected chi connectivity index (χ0v) is 8.22. The van der Waals surface area contributed by atoms with Crippen LogP contribution in [0, 0.1) is 5.92 Å². The third-order valence-corrected chi connectivity index (χ3v) is 1.42. The number of halogens is 3. The number of esters is 2. The Bertz CT molecular complexity index is 326. The average molecular weight is 258 g/mol. The molecule has 1 unspecified atom stereocenters. The molecule has 1 atom stereocenters. The third kappa shape index (κ3) is 5.31. The lowest BCUT2D eigenvalue weighted by molar-refractivity contribution is -0.197. The lowest BCUT2D eigenvalue weighted by Crippen LogP contribution is -2.35. The number of hydrogen-bond acceptors (Lipinski definition) is 7. The fourth-order valence-electron chi connectivity index (χ4n) is 0.499. The molecule has 0 spiro atoms. The summed E-state index contributed by atoms with van der Waals surface area (Å²) >= 11 is 0. The molecule has 0 aromatic carbocycles. The lowest BCUT2D eigenvalue weighted by Gasteiger charge is -2.12. The Balaban J connectivity index is 4.41. The van der Waals surface area contributed by atoms with Gasteiger partial charge in [0.2, 0.25) is 0 Å². The monoisotopic (exact) mass is 258 g/mol. The van der Waals surface area contributed by atoms with Crippen molar-refractivity contribution >= 4 is 25.2 Å². The van der Waals surface area contributed by atoms with E-state index in [-0.39, 0.29) is 0 Å². The average Bonchev–Trinajstić information content (AvgIpc) is 2.13. The van der Waals surface area contributed by atoms with Crippen molar-refractivity contribution in [3.63, 3.8) is 0 Å². The van der Waals surface area contributed by atoms with Crippen molar-refractivity contribution in [2.45, 2.75) is 13.1 Å². The molecule has 0 fully saturated rings. The summed E-state index contributed by atoms with van der Waals surface area (Å²) in [6.07, 6.45) is -4.93. The smallest absolute Gasteiger partial charge is 0.476 e. The zero-order chi connectivity index (χ0) is 13.8. The van der Waals surface area contributed by atoms with Crippen LogP contribution in [0.25, 0.3) is 0 Å². The molecule has 2 N–H and O–H groups in total. The topological polar surface area (TPSA) is 110 Å². The molecule has 0 aromatic rings. The summed E-state index contributed by atoms with van der Waals surface area (Å²) in [6.45, 7) is 0.418. The minimum absolute atomic E-state index is 0.418. The standard InChI is InChI=1S/C6H6BF3O7/c1-2(6(8,9)10)3(11)16-4(12)5(13)17-7(14)15/h2,14-15H,1H3. The van der Waals surface area contributed by atoms with Crippen LogP contribution in [-0.2, 0) is 23.8 Å². The van der Waals surface area contributed by atoms with E-state index in [1.165, 1.54) is 0 Å². The van der Waals surface area contributed by atoms with E-state index in [4.69, 9.17) is 10.0 Å². The van der Waals surface area contributed by atoms with E-state index in [1.807, 2.05) is 0 Å². The van der Waals surface area contributed by atoms with Gasteiger partial charge in [0.15, 0.2) is 0 Å². The summed E-state index contributed by atoms with van der Waals surface area (Å²) in [7, 11) is -2.65. The Labute approximate surface area is 92.3 Å². The molecular weight excluding hydrogens is 252 g/mol. The van der Waals surface area contributed by atoms with Gasteiger partial charge >= 0.3 is 31.4 Å². The SMILES string of the molecule is CC(C(=O)OC(=O)C(=O)OB(O)O)C(F)(F)F. The lowest BCUT2D eigenvalue weighted by atomic mass is 10.2. The van der Waals surface area contributed by atoms with Gasteiger partial charge in [0.1, 0.15) is 5.92 Å². The van der Waals surface area contributed by atoms with Crippen molar-refractivity contribution in [1.29, 1.82) is 0 Å². The van der Waals surface area contributed by atoms with Gasteiger partial charge in [-0.3, -0.25) is 4.79 Å². The molecule has 17 heavy (non-hydrogen) atoms. The number of rotatable bonds is 2. The van der Waals surface area contributed by atoms with Crippen molar-refractivity contribution in [3.05, 3.63) is 0 Å². The van der Waals surface area contributed by atoms with Crippen LogP contribution in [0.5, 0.6) is 0 Å². The van der Waals surface area contributed by atoms with E-state index in [0.29, 0.717) is 6.92 Å². The molecule has 0 aliphatic heterocycles. The molecule has 0 aromatic heterocycles. The second kappa shape index (κ2) is 5.64. The van der Waals surface area contributed by atoms with Gasteiger partial charge in [0.25, 0.3) is 0 Å². The third-order valence-electron chi connectivity index (χ3n) is 1.42. The van der Waals surface area contributed by atoms with E-state index in [1.54, 1.807) is 0 Å². The summed E-state index contributed by atoms with van der Waals surface area (Å²) in [4.78, 5) is 31.8. The quantitative estimate of drug-likeness (QED) is 0.276. The van der Waals surface area contributed by atoms with E-state index in [0.717, 1.165) is 0 Å². The Kier molecular flexibility index (Phi) is 5.10. The second-order valence-electron chi connectivity index (χ2n) is 2.70. The van der Waals surface area contributed by atoms with Gasteiger partial charge in [0, 0.05) is 0 Å². The number of alkyl halides is 3. The molecule has 0 aliphatic carbocycles.